The van der Waals surface area contributed by atoms with Gasteiger partial charge in [0.2, 0.25) is 0 Å². The minimum atomic E-state index is -0.219. The SMILES string of the molecule is Fc1ccc(Br)cc1NC1CCCOC1. The molecule has 1 heterocycles. The third-order valence-corrected chi connectivity index (χ3v) is 2.94. The van der Waals surface area contributed by atoms with Crippen LogP contribution in [0.2, 0.25) is 0 Å². The molecule has 0 aliphatic carbocycles. The van der Waals surface area contributed by atoms with Crippen molar-refractivity contribution in [2.45, 2.75) is 18.9 Å². The topological polar surface area (TPSA) is 21.3 Å². The Bertz CT molecular complexity index is 339. The van der Waals surface area contributed by atoms with Crippen LogP contribution >= 0.6 is 15.9 Å². The fourth-order valence-electron chi connectivity index (χ4n) is 1.68. The summed E-state index contributed by atoms with van der Waals surface area (Å²) < 4.78 is 19.6. The molecule has 1 aliphatic heterocycles. The first-order valence-electron chi connectivity index (χ1n) is 5.05. The van der Waals surface area contributed by atoms with Gasteiger partial charge in [0.05, 0.1) is 12.3 Å². The first-order valence-corrected chi connectivity index (χ1v) is 5.84. The summed E-state index contributed by atoms with van der Waals surface area (Å²) in [6, 6.07) is 5.13. The molecule has 1 fully saturated rings. The van der Waals surface area contributed by atoms with Gasteiger partial charge in [0, 0.05) is 17.1 Å². The molecule has 15 heavy (non-hydrogen) atoms. The van der Waals surface area contributed by atoms with Crippen molar-refractivity contribution >= 4 is 21.6 Å². The molecule has 1 atom stereocenters. The standard InChI is InChI=1S/C11H13BrFNO/c12-8-3-4-10(13)11(6-8)14-9-2-1-5-15-7-9/h3-4,6,9,14H,1-2,5,7H2. The van der Waals surface area contributed by atoms with Crippen LogP contribution in [0.1, 0.15) is 12.8 Å². The van der Waals surface area contributed by atoms with Crippen molar-refractivity contribution in [2.75, 3.05) is 18.5 Å². The quantitative estimate of drug-likeness (QED) is 0.894. The normalized spacial score (nSPS) is 21.3. The van der Waals surface area contributed by atoms with E-state index in [-0.39, 0.29) is 11.9 Å². The summed E-state index contributed by atoms with van der Waals surface area (Å²) >= 11 is 3.32. The number of nitrogens with one attached hydrogen (secondary N) is 1. The summed E-state index contributed by atoms with van der Waals surface area (Å²) in [6.45, 7) is 1.48. The van der Waals surface area contributed by atoms with Gasteiger partial charge < -0.3 is 10.1 Å². The van der Waals surface area contributed by atoms with Gasteiger partial charge in [-0.1, -0.05) is 15.9 Å². The van der Waals surface area contributed by atoms with Crippen molar-refractivity contribution in [2.24, 2.45) is 0 Å². The van der Waals surface area contributed by atoms with Gasteiger partial charge in [-0.2, -0.15) is 0 Å². The number of anilines is 1. The van der Waals surface area contributed by atoms with Crippen molar-refractivity contribution in [1.29, 1.82) is 0 Å². The average molecular weight is 274 g/mol. The lowest BCUT2D eigenvalue weighted by molar-refractivity contribution is 0.0875. The average Bonchev–Trinajstić information content (AvgIpc) is 2.25. The van der Waals surface area contributed by atoms with E-state index in [1.165, 1.54) is 6.07 Å². The minimum absolute atomic E-state index is 0.219. The molecule has 1 unspecified atom stereocenters. The molecule has 1 aromatic carbocycles. The lowest BCUT2D eigenvalue weighted by atomic mass is 10.1. The van der Waals surface area contributed by atoms with Crippen LogP contribution in [-0.2, 0) is 4.74 Å². The van der Waals surface area contributed by atoms with E-state index < -0.39 is 0 Å². The molecule has 2 rings (SSSR count). The third kappa shape index (κ3) is 2.92. The van der Waals surface area contributed by atoms with Crippen LogP contribution in [0, 0.1) is 5.82 Å². The highest BCUT2D eigenvalue weighted by atomic mass is 79.9. The Kier molecular flexibility index (Phi) is 3.59. The van der Waals surface area contributed by atoms with Crippen molar-refractivity contribution < 1.29 is 9.13 Å². The van der Waals surface area contributed by atoms with E-state index in [1.54, 1.807) is 12.1 Å². The van der Waals surface area contributed by atoms with Crippen LogP contribution in [0.3, 0.4) is 0 Å². The molecule has 1 aromatic rings. The molecule has 0 aromatic heterocycles. The van der Waals surface area contributed by atoms with Gasteiger partial charge in [0.25, 0.3) is 0 Å². The summed E-state index contributed by atoms with van der Waals surface area (Å²) in [5, 5.41) is 3.16. The maximum atomic E-state index is 13.4. The van der Waals surface area contributed by atoms with Gasteiger partial charge >= 0.3 is 0 Å². The molecule has 0 saturated carbocycles. The number of benzene rings is 1. The molecule has 4 heteroatoms. The number of hydrogen-bond acceptors (Lipinski definition) is 2. The number of ether oxygens (including phenoxy) is 1. The Balaban J connectivity index is 2.05. The molecular weight excluding hydrogens is 261 g/mol. The van der Waals surface area contributed by atoms with Crippen LogP contribution < -0.4 is 5.32 Å². The molecule has 0 radical (unpaired) electrons. The summed E-state index contributed by atoms with van der Waals surface area (Å²) in [5.41, 5.74) is 0.542. The molecule has 1 saturated heterocycles. The van der Waals surface area contributed by atoms with Gasteiger partial charge in [-0.25, -0.2) is 4.39 Å². The van der Waals surface area contributed by atoms with Crippen LogP contribution in [0.4, 0.5) is 10.1 Å². The Morgan fingerprint density at radius 3 is 3.07 bits per heavy atom. The van der Waals surface area contributed by atoms with Crippen molar-refractivity contribution in [3.05, 3.63) is 28.5 Å². The Morgan fingerprint density at radius 2 is 2.33 bits per heavy atom. The van der Waals surface area contributed by atoms with E-state index in [9.17, 15) is 4.39 Å². The van der Waals surface area contributed by atoms with Gasteiger partial charge in [-0.3, -0.25) is 0 Å². The summed E-state index contributed by atoms with van der Waals surface area (Å²) in [5.74, 6) is -0.219. The Hall–Kier alpha value is -0.610. The molecule has 0 amide bonds. The zero-order valence-corrected chi connectivity index (χ0v) is 9.89. The highest BCUT2D eigenvalue weighted by molar-refractivity contribution is 9.10. The van der Waals surface area contributed by atoms with E-state index in [0.29, 0.717) is 12.3 Å². The van der Waals surface area contributed by atoms with Crippen molar-refractivity contribution in [3.63, 3.8) is 0 Å². The first kappa shape index (κ1) is 10.9. The lowest BCUT2D eigenvalue weighted by Gasteiger charge is -2.24. The first-order chi connectivity index (χ1) is 7.25. The molecule has 1 aliphatic rings. The number of hydrogen-bond donors (Lipinski definition) is 1. The molecule has 1 N–H and O–H groups in total. The maximum Gasteiger partial charge on any atom is 0.146 e. The van der Waals surface area contributed by atoms with Crippen molar-refractivity contribution in [1.82, 2.24) is 0 Å². The molecule has 82 valence electrons. The van der Waals surface area contributed by atoms with E-state index in [2.05, 4.69) is 21.2 Å². The van der Waals surface area contributed by atoms with Crippen LogP contribution in [0.5, 0.6) is 0 Å². The Labute approximate surface area is 96.9 Å². The minimum Gasteiger partial charge on any atom is -0.379 e. The van der Waals surface area contributed by atoms with Gasteiger partial charge in [-0.05, 0) is 31.0 Å². The van der Waals surface area contributed by atoms with Gasteiger partial charge in [0.1, 0.15) is 5.82 Å². The van der Waals surface area contributed by atoms with E-state index in [4.69, 9.17) is 4.74 Å². The van der Waals surface area contributed by atoms with Crippen LogP contribution in [-0.4, -0.2) is 19.3 Å². The molecule has 2 nitrogen and oxygen atoms in total. The number of rotatable bonds is 2. The predicted octanol–water partition coefficient (Wildman–Crippen LogP) is 3.18. The smallest absolute Gasteiger partial charge is 0.146 e. The second-order valence-corrected chi connectivity index (χ2v) is 4.60. The summed E-state index contributed by atoms with van der Waals surface area (Å²) in [6.07, 6.45) is 2.07. The highest BCUT2D eigenvalue weighted by Gasteiger charge is 2.15. The second-order valence-electron chi connectivity index (χ2n) is 3.68. The second kappa shape index (κ2) is 4.94. The highest BCUT2D eigenvalue weighted by Crippen LogP contribution is 2.22. The molecule has 0 bridgehead atoms. The lowest BCUT2D eigenvalue weighted by Crippen LogP contribution is -2.30. The zero-order chi connectivity index (χ0) is 10.7. The molecule has 0 spiro atoms. The van der Waals surface area contributed by atoms with Gasteiger partial charge in [-0.15, -0.1) is 0 Å². The van der Waals surface area contributed by atoms with Crippen LogP contribution in [0.25, 0.3) is 0 Å². The fourth-order valence-corrected chi connectivity index (χ4v) is 2.04. The summed E-state index contributed by atoms with van der Waals surface area (Å²) in [4.78, 5) is 0. The van der Waals surface area contributed by atoms with E-state index in [1.807, 2.05) is 0 Å². The van der Waals surface area contributed by atoms with E-state index in [0.717, 1.165) is 23.9 Å². The zero-order valence-electron chi connectivity index (χ0n) is 8.30. The monoisotopic (exact) mass is 273 g/mol. The third-order valence-electron chi connectivity index (χ3n) is 2.45. The van der Waals surface area contributed by atoms with Gasteiger partial charge in [0.15, 0.2) is 0 Å². The maximum absolute atomic E-state index is 13.4. The van der Waals surface area contributed by atoms with Crippen LogP contribution in [0.15, 0.2) is 22.7 Å². The molecular formula is C11H13BrFNO. The summed E-state index contributed by atoms with van der Waals surface area (Å²) in [7, 11) is 0. The predicted molar refractivity (Wildman–Crippen MR) is 61.6 cm³/mol. The largest absolute Gasteiger partial charge is 0.379 e. The Morgan fingerprint density at radius 1 is 1.47 bits per heavy atom. The fraction of sp³-hybridized carbons (Fsp3) is 0.455. The van der Waals surface area contributed by atoms with Crippen molar-refractivity contribution in [3.8, 4) is 0 Å². The number of halogens is 2. The van der Waals surface area contributed by atoms with E-state index >= 15 is 0 Å².